The number of carbonyl (C=O) groups is 3. The molecule has 0 aromatic heterocycles. The van der Waals surface area contributed by atoms with Gasteiger partial charge in [0.15, 0.2) is 0 Å². The number of fused-ring (bicyclic) bond motifs is 1. The first-order chi connectivity index (χ1) is 15.9. The number of nitrogens with zero attached hydrogens (tertiary/aromatic N) is 2. The summed E-state index contributed by atoms with van der Waals surface area (Å²) >= 11 is 9.99. The van der Waals surface area contributed by atoms with Crippen molar-refractivity contribution in [2.24, 2.45) is 0 Å². The zero-order valence-electron chi connectivity index (χ0n) is 18.0. The van der Waals surface area contributed by atoms with E-state index in [4.69, 9.17) is 12.2 Å². The summed E-state index contributed by atoms with van der Waals surface area (Å²) in [4.78, 5) is 42.7. The topological polar surface area (TPSA) is 69.7 Å². The Morgan fingerprint density at radius 2 is 1.85 bits per heavy atom. The summed E-state index contributed by atoms with van der Waals surface area (Å²) in [6.45, 7) is 2.48. The highest BCUT2D eigenvalue weighted by Gasteiger charge is 2.42. The zero-order valence-corrected chi connectivity index (χ0v) is 21.2. The van der Waals surface area contributed by atoms with Crippen molar-refractivity contribution in [2.45, 2.75) is 26.2 Å². The maximum Gasteiger partial charge on any atom is 0.267 e. The van der Waals surface area contributed by atoms with Gasteiger partial charge in [0, 0.05) is 22.3 Å². The van der Waals surface area contributed by atoms with Crippen molar-refractivity contribution in [2.75, 3.05) is 23.3 Å². The van der Waals surface area contributed by atoms with Crippen molar-refractivity contribution >= 4 is 78.9 Å². The Labute approximate surface area is 210 Å². The third kappa shape index (κ3) is 4.90. The van der Waals surface area contributed by atoms with E-state index in [-0.39, 0.29) is 24.3 Å². The molecule has 1 fully saturated rings. The number of benzene rings is 2. The second-order valence-corrected chi connectivity index (χ2v) is 10.3. The van der Waals surface area contributed by atoms with Crippen LogP contribution in [0.4, 0.5) is 11.4 Å². The molecule has 33 heavy (non-hydrogen) atoms. The number of unbranched alkanes of at least 4 members (excludes halogenated alkanes) is 2. The fourth-order valence-corrected chi connectivity index (χ4v) is 5.61. The Kier molecular flexibility index (Phi) is 7.31. The molecule has 2 aromatic rings. The highest BCUT2D eigenvalue weighted by atomic mass is 79.9. The van der Waals surface area contributed by atoms with Gasteiger partial charge in [0.1, 0.15) is 10.9 Å². The van der Waals surface area contributed by atoms with Gasteiger partial charge in [-0.3, -0.25) is 24.2 Å². The van der Waals surface area contributed by atoms with E-state index in [9.17, 15) is 14.4 Å². The molecule has 0 unspecified atom stereocenters. The normalized spacial score (nSPS) is 17.7. The van der Waals surface area contributed by atoms with E-state index in [0.29, 0.717) is 38.3 Å². The molecule has 2 aliphatic rings. The molecule has 0 radical (unpaired) electrons. The molecule has 3 amide bonds. The number of rotatable bonds is 7. The summed E-state index contributed by atoms with van der Waals surface area (Å²) in [5.41, 5.74) is 2.20. The molecule has 1 N–H and O–H groups in total. The number of thioether (sulfide) groups is 1. The van der Waals surface area contributed by atoms with Gasteiger partial charge in [0.25, 0.3) is 11.8 Å². The number of hydrogen-bond acceptors (Lipinski definition) is 5. The van der Waals surface area contributed by atoms with Gasteiger partial charge in [-0.1, -0.05) is 83.9 Å². The summed E-state index contributed by atoms with van der Waals surface area (Å²) in [5, 5.41) is 2.82. The lowest BCUT2D eigenvalue weighted by Crippen LogP contribution is -2.35. The van der Waals surface area contributed by atoms with E-state index in [1.165, 1.54) is 4.90 Å². The van der Waals surface area contributed by atoms with Crippen LogP contribution in [0.3, 0.4) is 0 Å². The molecule has 2 aliphatic heterocycles. The van der Waals surface area contributed by atoms with Gasteiger partial charge in [0.2, 0.25) is 5.91 Å². The Hall–Kier alpha value is -2.49. The van der Waals surface area contributed by atoms with Crippen molar-refractivity contribution in [3.8, 4) is 0 Å². The van der Waals surface area contributed by atoms with Crippen LogP contribution in [0.25, 0.3) is 5.57 Å². The Morgan fingerprint density at radius 1 is 1.06 bits per heavy atom. The van der Waals surface area contributed by atoms with Gasteiger partial charge >= 0.3 is 0 Å². The molecule has 6 nitrogen and oxygen atoms in total. The lowest BCUT2D eigenvalue weighted by molar-refractivity contribution is -0.122. The Morgan fingerprint density at radius 3 is 2.61 bits per heavy atom. The Balaban J connectivity index is 1.60. The third-order valence-electron chi connectivity index (χ3n) is 5.39. The molecule has 0 bridgehead atoms. The maximum atomic E-state index is 13.5. The molecule has 9 heteroatoms. The highest BCUT2D eigenvalue weighted by Crippen LogP contribution is 2.44. The standard InChI is InChI=1S/C24H22BrN3O3S2/c1-2-3-6-12-27-23(31)21(33-24(27)32)20-17-10-4-5-11-18(17)28(22(20)30)14-19(29)26-16-9-7-8-15(25)13-16/h4-5,7-11,13H,2-3,6,12,14H2,1H3,(H,26,29)/b21-20-. The summed E-state index contributed by atoms with van der Waals surface area (Å²) in [5.74, 6) is -0.932. The molecule has 0 aliphatic carbocycles. The van der Waals surface area contributed by atoms with Crippen LogP contribution in [0.5, 0.6) is 0 Å². The van der Waals surface area contributed by atoms with E-state index < -0.39 is 0 Å². The molecular formula is C24H22BrN3O3S2. The van der Waals surface area contributed by atoms with Gasteiger partial charge in [-0.05, 0) is 30.7 Å². The van der Waals surface area contributed by atoms with Crippen molar-refractivity contribution in [1.82, 2.24) is 4.90 Å². The predicted octanol–water partition coefficient (Wildman–Crippen LogP) is 5.20. The molecule has 2 heterocycles. The summed E-state index contributed by atoms with van der Waals surface area (Å²) in [6.07, 6.45) is 2.91. The van der Waals surface area contributed by atoms with E-state index in [0.717, 1.165) is 35.5 Å². The van der Waals surface area contributed by atoms with Crippen molar-refractivity contribution in [3.05, 3.63) is 63.5 Å². The van der Waals surface area contributed by atoms with Crippen LogP contribution in [0, 0.1) is 0 Å². The van der Waals surface area contributed by atoms with Crippen molar-refractivity contribution in [3.63, 3.8) is 0 Å². The minimum atomic E-state index is -0.366. The van der Waals surface area contributed by atoms with Crippen LogP contribution < -0.4 is 10.2 Å². The summed E-state index contributed by atoms with van der Waals surface area (Å²) in [6, 6.07) is 14.5. The van der Waals surface area contributed by atoms with E-state index in [2.05, 4.69) is 28.2 Å². The first-order valence-electron chi connectivity index (χ1n) is 10.6. The summed E-state index contributed by atoms with van der Waals surface area (Å²) in [7, 11) is 0. The average molecular weight is 544 g/mol. The monoisotopic (exact) mass is 543 g/mol. The summed E-state index contributed by atoms with van der Waals surface area (Å²) < 4.78 is 1.31. The molecule has 0 atom stereocenters. The number of carbonyl (C=O) groups excluding carboxylic acids is 3. The number of amides is 3. The molecule has 170 valence electrons. The third-order valence-corrected chi connectivity index (χ3v) is 7.34. The SMILES string of the molecule is CCCCCN1C(=O)/C(=C2/C(=O)N(CC(=O)Nc3cccc(Br)c3)c3ccccc32)SC1=S. The van der Waals surface area contributed by atoms with Crippen molar-refractivity contribution < 1.29 is 14.4 Å². The lowest BCUT2D eigenvalue weighted by atomic mass is 10.1. The number of halogens is 1. The van der Waals surface area contributed by atoms with E-state index in [1.807, 2.05) is 24.3 Å². The fraction of sp³-hybridized carbons (Fsp3) is 0.250. The number of para-hydroxylation sites is 1. The predicted molar refractivity (Wildman–Crippen MR) is 140 cm³/mol. The molecular weight excluding hydrogens is 522 g/mol. The molecule has 0 saturated carbocycles. The van der Waals surface area contributed by atoms with Gasteiger partial charge in [-0.2, -0.15) is 0 Å². The Bertz CT molecular complexity index is 1180. The molecule has 1 saturated heterocycles. The second kappa shape index (κ2) is 10.2. The van der Waals surface area contributed by atoms with Crippen LogP contribution in [0.2, 0.25) is 0 Å². The first kappa shape index (κ1) is 23.7. The number of thiocarbonyl (C=S) groups is 1. The van der Waals surface area contributed by atoms with Crippen LogP contribution in [-0.4, -0.2) is 40.0 Å². The first-order valence-corrected chi connectivity index (χ1v) is 12.7. The molecule has 2 aromatic carbocycles. The lowest BCUT2D eigenvalue weighted by Gasteiger charge is -2.17. The van der Waals surface area contributed by atoms with Crippen LogP contribution in [-0.2, 0) is 14.4 Å². The smallest absolute Gasteiger partial charge is 0.267 e. The van der Waals surface area contributed by atoms with Gasteiger partial charge in [-0.25, -0.2) is 0 Å². The minimum Gasteiger partial charge on any atom is -0.324 e. The number of anilines is 2. The zero-order chi connectivity index (χ0) is 23.5. The second-order valence-electron chi connectivity index (χ2n) is 7.70. The van der Waals surface area contributed by atoms with Gasteiger partial charge in [0.05, 0.1) is 16.2 Å². The minimum absolute atomic E-state index is 0.164. The molecule has 4 rings (SSSR count). The number of nitrogens with one attached hydrogen (secondary N) is 1. The van der Waals surface area contributed by atoms with Gasteiger partial charge in [-0.15, -0.1) is 0 Å². The fourth-order valence-electron chi connectivity index (χ4n) is 3.83. The van der Waals surface area contributed by atoms with Crippen LogP contribution >= 0.6 is 39.9 Å². The molecule has 0 spiro atoms. The van der Waals surface area contributed by atoms with E-state index in [1.54, 1.807) is 29.2 Å². The van der Waals surface area contributed by atoms with Gasteiger partial charge < -0.3 is 5.32 Å². The average Bonchev–Trinajstić information content (AvgIpc) is 3.21. The largest absolute Gasteiger partial charge is 0.324 e. The van der Waals surface area contributed by atoms with Crippen molar-refractivity contribution in [1.29, 1.82) is 0 Å². The maximum absolute atomic E-state index is 13.5. The van der Waals surface area contributed by atoms with Crippen LogP contribution in [0.15, 0.2) is 57.9 Å². The quantitative estimate of drug-likeness (QED) is 0.295. The van der Waals surface area contributed by atoms with E-state index >= 15 is 0 Å². The number of hydrogen-bond donors (Lipinski definition) is 1. The van der Waals surface area contributed by atoms with Crippen LogP contribution in [0.1, 0.15) is 31.7 Å². The highest BCUT2D eigenvalue weighted by molar-refractivity contribution is 9.10.